The number of nitrogens with one attached hydrogen (secondary N) is 1. The molecule has 3 rings (SSSR count). The van der Waals surface area contributed by atoms with Crippen LogP contribution in [0.25, 0.3) is 0 Å². The number of rotatable bonds is 6. The van der Waals surface area contributed by atoms with Gasteiger partial charge in [-0.15, -0.1) is 0 Å². The van der Waals surface area contributed by atoms with Crippen molar-refractivity contribution in [3.05, 3.63) is 42.0 Å². The summed E-state index contributed by atoms with van der Waals surface area (Å²) in [5.41, 5.74) is 0.617. The Morgan fingerprint density at radius 1 is 1.43 bits per heavy atom. The van der Waals surface area contributed by atoms with Crippen LogP contribution >= 0.6 is 0 Å². The predicted molar refractivity (Wildman–Crippen MR) is 83.2 cm³/mol. The second-order valence-electron chi connectivity index (χ2n) is 5.40. The Bertz CT molecular complexity index is 645. The zero-order valence-electron chi connectivity index (χ0n) is 13.1. The number of likely N-dealkylation sites (tertiary alicyclic amines) is 1. The Morgan fingerprint density at radius 3 is 3.13 bits per heavy atom. The average Bonchev–Trinajstić information content (AvgIpc) is 3.25. The molecule has 122 valence electrons. The van der Waals surface area contributed by atoms with E-state index in [2.05, 4.69) is 15.2 Å². The molecule has 2 heterocycles. The number of hydrogen-bond acceptors (Lipinski definition) is 5. The van der Waals surface area contributed by atoms with E-state index in [1.807, 2.05) is 17.0 Å². The highest BCUT2D eigenvalue weighted by Gasteiger charge is 2.32. The van der Waals surface area contributed by atoms with Crippen LogP contribution in [0.4, 0.5) is 0 Å². The summed E-state index contributed by atoms with van der Waals surface area (Å²) in [6.07, 6.45) is 3.33. The van der Waals surface area contributed by atoms with Crippen molar-refractivity contribution in [3.63, 3.8) is 0 Å². The third kappa shape index (κ3) is 3.50. The molecule has 1 fully saturated rings. The van der Waals surface area contributed by atoms with Crippen LogP contribution in [0.5, 0.6) is 5.75 Å². The van der Waals surface area contributed by atoms with Crippen LogP contribution in [-0.4, -0.2) is 52.9 Å². The lowest BCUT2D eigenvalue weighted by Crippen LogP contribution is -2.31. The van der Waals surface area contributed by atoms with Gasteiger partial charge >= 0.3 is 0 Å². The summed E-state index contributed by atoms with van der Waals surface area (Å²) < 4.78 is 10.5. The van der Waals surface area contributed by atoms with Gasteiger partial charge in [-0.25, -0.2) is 4.98 Å². The molecule has 23 heavy (non-hydrogen) atoms. The van der Waals surface area contributed by atoms with Crippen LogP contribution in [0.15, 0.2) is 30.6 Å². The van der Waals surface area contributed by atoms with Gasteiger partial charge in [0.2, 0.25) is 0 Å². The van der Waals surface area contributed by atoms with Gasteiger partial charge in [-0.3, -0.25) is 9.89 Å². The molecule has 1 aromatic heterocycles. The van der Waals surface area contributed by atoms with Gasteiger partial charge < -0.3 is 14.4 Å². The first-order valence-corrected chi connectivity index (χ1v) is 7.67. The van der Waals surface area contributed by atoms with Gasteiger partial charge in [0.1, 0.15) is 24.5 Å². The number of ether oxygens (including phenoxy) is 2. The number of aromatic nitrogens is 3. The normalized spacial score (nSPS) is 17.4. The standard InChI is InChI=1S/C16H20N4O3/c1-22-8-9-23-13-5-2-4-12(10-13)16(21)20-7-3-6-14(20)15-17-11-18-19-15/h2,4-5,10-11,14H,3,6-9H2,1H3,(H,17,18,19)/t14-/m0/s1. The molecule has 1 atom stereocenters. The average molecular weight is 316 g/mol. The minimum Gasteiger partial charge on any atom is -0.491 e. The number of carbonyl (C=O) groups is 1. The number of amides is 1. The van der Waals surface area contributed by atoms with E-state index >= 15 is 0 Å². The SMILES string of the molecule is COCCOc1cccc(C(=O)N2CCC[C@H]2c2ncn[nH]2)c1. The van der Waals surface area contributed by atoms with Crippen molar-refractivity contribution in [3.8, 4) is 5.75 Å². The third-order valence-electron chi connectivity index (χ3n) is 3.90. The number of carbonyl (C=O) groups excluding carboxylic acids is 1. The zero-order chi connectivity index (χ0) is 16.1. The highest BCUT2D eigenvalue weighted by molar-refractivity contribution is 5.95. The smallest absolute Gasteiger partial charge is 0.254 e. The highest BCUT2D eigenvalue weighted by atomic mass is 16.5. The van der Waals surface area contributed by atoms with E-state index < -0.39 is 0 Å². The fourth-order valence-electron chi connectivity index (χ4n) is 2.80. The molecule has 1 amide bonds. The van der Waals surface area contributed by atoms with E-state index in [9.17, 15) is 4.79 Å². The summed E-state index contributed by atoms with van der Waals surface area (Å²) in [6, 6.07) is 7.21. The lowest BCUT2D eigenvalue weighted by Gasteiger charge is -2.23. The Kier molecular flexibility index (Phi) is 4.87. The minimum atomic E-state index is -0.0388. The Hall–Kier alpha value is -2.41. The summed E-state index contributed by atoms with van der Waals surface area (Å²) in [6.45, 7) is 1.69. The van der Waals surface area contributed by atoms with E-state index in [-0.39, 0.29) is 11.9 Å². The molecule has 7 heteroatoms. The van der Waals surface area contributed by atoms with Gasteiger partial charge in [0.25, 0.3) is 5.91 Å². The zero-order valence-corrected chi connectivity index (χ0v) is 13.1. The van der Waals surface area contributed by atoms with Gasteiger partial charge in [-0.1, -0.05) is 6.07 Å². The topological polar surface area (TPSA) is 80.3 Å². The lowest BCUT2D eigenvalue weighted by atomic mass is 10.1. The van der Waals surface area contributed by atoms with Crippen LogP contribution in [0.3, 0.4) is 0 Å². The molecule has 0 aliphatic carbocycles. The molecule has 1 aliphatic heterocycles. The van der Waals surface area contributed by atoms with Crippen LogP contribution < -0.4 is 4.74 Å². The van der Waals surface area contributed by atoms with Gasteiger partial charge in [-0.2, -0.15) is 5.10 Å². The molecular formula is C16H20N4O3. The molecular weight excluding hydrogens is 296 g/mol. The number of hydrogen-bond donors (Lipinski definition) is 1. The maximum Gasteiger partial charge on any atom is 0.254 e. The van der Waals surface area contributed by atoms with Crippen LogP contribution in [0.1, 0.15) is 35.1 Å². The van der Waals surface area contributed by atoms with E-state index in [0.29, 0.717) is 24.5 Å². The first-order chi connectivity index (χ1) is 11.3. The monoisotopic (exact) mass is 316 g/mol. The van der Waals surface area contributed by atoms with Gasteiger partial charge in [0.05, 0.1) is 12.6 Å². The summed E-state index contributed by atoms with van der Waals surface area (Å²) in [5, 5.41) is 6.75. The minimum absolute atomic E-state index is 0.0129. The summed E-state index contributed by atoms with van der Waals surface area (Å²) in [5.74, 6) is 1.40. The van der Waals surface area contributed by atoms with E-state index in [0.717, 1.165) is 25.2 Å². The highest BCUT2D eigenvalue weighted by Crippen LogP contribution is 2.31. The first kappa shape index (κ1) is 15.5. The van der Waals surface area contributed by atoms with Crippen LogP contribution in [0, 0.1) is 0 Å². The third-order valence-corrected chi connectivity index (χ3v) is 3.90. The van der Waals surface area contributed by atoms with E-state index in [1.165, 1.54) is 6.33 Å². The maximum atomic E-state index is 12.8. The van der Waals surface area contributed by atoms with Crippen molar-refractivity contribution in [1.82, 2.24) is 20.1 Å². The molecule has 0 unspecified atom stereocenters. The number of H-pyrrole nitrogens is 1. The van der Waals surface area contributed by atoms with E-state index in [4.69, 9.17) is 9.47 Å². The quantitative estimate of drug-likeness (QED) is 0.822. The molecule has 0 bridgehead atoms. The molecule has 0 radical (unpaired) electrons. The Labute approximate surface area is 134 Å². The second kappa shape index (κ2) is 7.23. The van der Waals surface area contributed by atoms with Crippen molar-refractivity contribution >= 4 is 5.91 Å². The molecule has 0 saturated carbocycles. The van der Waals surface area contributed by atoms with E-state index in [1.54, 1.807) is 19.2 Å². The van der Waals surface area contributed by atoms with Crippen LogP contribution in [0.2, 0.25) is 0 Å². The molecule has 2 aromatic rings. The van der Waals surface area contributed by atoms with Crippen molar-refractivity contribution in [2.75, 3.05) is 26.9 Å². The van der Waals surface area contributed by atoms with Crippen molar-refractivity contribution in [2.45, 2.75) is 18.9 Å². The van der Waals surface area contributed by atoms with Gasteiger partial charge in [-0.05, 0) is 31.0 Å². The van der Waals surface area contributed by atoms with Gasteiger partial charge in [0, 0.05) is 19.2 Å². The second-order valence-corrected chi connectivity index (χ2v) is 5.40. The van der Waals surface area contributed by atoms with Gasteiger partial charge in [0.15, 0.2) is 0 Å². The van der Waals surface area contributed by atoms with Crippen molar-refractivity contribution in [2.24, 2.45) is 0 Å². The molecule has 1 saturated heterocycles. The summed E-state index contributed by atoms with van der Waals surface area (Å²) >= 11 is 0. The van der Waals surface area contributed by atoms with Crippen molar-refractivity contribution < 1.29 is 14.3 Å². The number of methoxy groups -OCH3 is 1. The molecule has 7 nitrogen and oxygen atoms in total. The number of benzene rings is 1. The maximum absolute atomic E-state index is 12.8. The Balaban J connectivity index is 1.73. The van der Waals surface area contributed by atoms with Crippen LogP contribution in [-0.2, 0) is 4.74 Å². The lowest BCUT2D eigenvalue weighted by molar-refractivity contribution is 0.0729. The number of nitrogens with zero attached hydrogens (tertiary/aromatic N) is 3. The predicted octanol–water partition coefficient (Wildman–Crippen LogP) is 1.81. The molecule has 0 spiro atoms. The van der Waals surface area contributed by atoms with Crippen molar-refractivity contribution in [1.29, 1.82) is 0 Å². The summed E-state index contributed by atoms with van der Waals surface area (Å²) in [4.78, 5) is 18.9. The molecule has 1 aliphatic rings. The first-order valence-electron chi connectivity index (χ1n) is 7.67. The Morgan fingerprint density at radius 2 is 2.35 bits per heavy atom. The molecule has 1 N–H and O–H groups in total. The molecule has 1 aromatic carbocycles. The largest absolute Gasteiger partial charge is 0.491 e. The summed E-state index contributed by atoms with van der Waals surface area (Å²) in [7, 11) is 1.63. The fraction of sp³-hybridized carbons (Fsp3) is 0.438. The number of aromatic amines is 1. The fourth-order valence-corrected chi connectivity index (χ4v) is 2.80.